The number of likely N-dealkylation sites (tertiary alicyclic amines) is 1. The van der Waals surface area contributed by atoms with Crippen LogP contribution in [0.5, 0.6) is 11.5 Å². The highest BCUT2D eigenvalue weighted by molar-refractivity contribution is 7.16. The number of aryl methyl sites for hydroxylation is 1. The summed E-state index contributed by atoms with van der Waals surface area (Å²) < 4.78 is 10.1. The van der Waals surface area contributed by atoms with Gasteiger partial charge in [0.15, 0.2) is 17.2 Å². The molecule has 1 atom stereocenters. The van der Waals surface area contributed by atoms with Crippen molar-refractivity contribution in [1.29, 1.82) is 0 Å². The van der Waals surface area contributed by atoms with Crippen LogP contribution in [0.2, 0.25) is 5.02 Å². The van der Waals surface area contributed by atoms with Gasteiger partial charge < -0.3 is 19.5 Å². The minimum Gasteiger partial charge on any atom is -0.452 e. The molecule has 1 fully saturated rings. The lowest BCUT2D eigenvalue weighted by Crippen LogP contribution is -2.24. The molecule has 0 aromatic carbocycles. The average Bonchev–Trinajstić information content (AvgIpc) is 3.62. The van der Waals surface area contributed by atoms with E-state index in [1.54, 1.807) is 17.9 Å². The summed E-state index contributed by atoms with van der Waals surface area (Å²) in [5.41, 5.74) is 4.85. The molecule has 12 heteroatoms. The first-order chi connectivity index (χ1) is 17.7. The van der Waals surface area contributed by atoms with E-state index in [9.17, 15) is 0 Å². The van der Waals surface area contributed by atoms with Gasteiger partial charge in [0.2, 0.25) is 5.95 Å². The fraction of sp³-hybridized carbons (Fsp3) is 0.400. The summed E-state index contributed by atoms with van der Waals surface area (Å²) in [6, 6.07) is 4.30. The molecule has 6 rings (SSSR count). The zero-order valence-corrected chi connectivity index (χ0v) is 22.9. The fourth-order valence-electron chi connectivity index (χ4n) is 4.74. The van der Waals surface area contributed by atoms with Gasteiger partial charge in [0, 0.05) is 36.8 Å². The third-order valence-electron chi connectivity index (χ3n) is 6.65. The van der Waals surface area contributed by atoms with Gasteiger partial charge in [-0.25, -0.2) is 15.0 Å². The molecule has 6 heterocycles. The number of anilines is 2. The first kappa shape index (κ1) is 24.1. The maximum Gasteiger partial charge on any atom is 0.210 e. The zero-order chi connectivity index (χ0) is 25.9. The molecular weight excluding hydrogens is 510 g/mol. The van der Waals surface area contributed by atoms with Crippen LogP contribution in [0.1, 0.15) is 38.9 Å². The first-order valence-corrected chi connectivity index (χ1v) is 13.4. The largest absolute Gasteiger partial charge is 0.452 e. The van der Waals surface area contributed by atoms with Gasteiger partial charge in [0.05, 0.1) is 23.9 Å². The molecule has 192 valence electrons. The second kappa shape index (κ2) is 8.93. The molecule has 10 nitrogen and oxygen atoms in total. The van der Waals surface area contributed by atoms with Crippen LogP contribution in [0, 0.1) is 0 Å². The number of pyridine rings is 2. The van der Waals surface area contributed by atoms with Gasteiger partial charge in [-0.3, -0.25) is 4.68 Å². The van der Waals surface area contributed by atoms with Gasteiger partial charge in [0.1, 0.15) is 26.6 Å². The van der Waals surface area contributed by atoms with E-state index in [0.717, 1.165) is 35.7 Å². The standard InChI is InChI=1S/C25H28ClN9OS/c1-25(2,3)18-9-19(32-35(18)14-6-7-33(4)12-14)30-24-31-22-21(34(24)5)20(26)17(11-27-22)36-15-8-16-23(28-10-15)37-13-29-16/h8-11,13-14H,6-7,12H2,1-5H3,(H,27,30,31,32)/t14-/m1/s1. The normalized spacial score (nSPS) is 16.8. The summed E-state index contributed by atoms with van der Waals surface area (Å²) >= 11 is 8.27. The maximum absolute atomic E-state index is 6.79. The number of likely N-dealkylation sites (N-methyl/N-ethyl adjacent to an activating group) is 1. The molecular formula is C25H28ClN9OS. The number of nitrogens with one attached hydrogen (secondary N) is 1. The lowest BCUT2D eigenvalue weighted by Gasteiger charge is -2.23. The van der Waals surface area contributed by atoms with Crippen molar-refractivity contribution in [2.24, 2.45) is 7.05 Å². The molecule has 0 spiro atoms. The first-order valence-electron chi connectivity index (χ1n) is 12.1. The van der Waals surface area contributed by atoms with Gasteiger partial charge >= 0.3 is 0 Å². The highest BCUT2D eigenvalue weighted by atomic mass is 35.5. The number of aromatic nitrogens is 7. The van der Waals surface area contributed by atoms with Gasteiger partial charge in [-0.1, -0.05) is 32.4 Å². The second-order valence-corrected chi connectivity index (χ2v) is 11.7. The Kier molecular flexibility index (Phi) is 5.81. The minimum absolute atomic E-state index is 0.0477. The summed E-state index contributed by atoms with van der Waals surface area (Å²) in [7, 11) is 4.05. The predicted molar refractivity (Wildman–Crippen MR) is 146 cm³/mol. The Morgan fingerprint density at radius 2 is 1.97 bits per heavy atom. The van der Waals surface area contributed by atoms with Crippen LogP contribution in [0.3, 0.4) is 0 Å². The van der Waals surface area contributed by atoms with Crippen molar-refractivity contribution in [3.8, 4) is 11.5 Å². The minimum atomic E-state index is -0.0477. The number of hydrogen-bond acceptors (Lipinski definition) is 9. The van der Waals surface area contributed by atoms with E-state index in [2.05, 4.69) is 68.7 Å². The molecule has 5 aromatic heterocycles. The van der Waals surface area contributed by atoms with Crippen LogP contribution in [-0.2, 0) is 12.5 Å². The Hall–Kier alpha value is -3.28. The number of nitrogens with zero attached hydrogens (tertiary/aromatic N) is 8. The van der Waals surface area contributed by atoms with Crippen molar-refractivity contribution in [1.82, 2.24) is 39.2 Å². The molecule has 1 N–H and O–H groups in total. The summed E-state index contributed by atoms with van der Waals surface area (Å²) in [5.74, 6) is 2.30. The van der Waals surface area contributed by atoms with Gasteiger partial charge in [-0.05, 0) is 20.0 Å². The summed E-state index contributed by atoms with van der Waals surface area (Å²) in [4.78, 5) is 21.1. The highest BCUT2D eigenvalue weighted by Gasteiger charge is 2.29. The lowest BCUT2D eigenvalue weighted by molar-refractivity contribution is 0.366. The number of imidazole rings is 1. The molecule has 1 aliphatic rings. The predicted octanol–water partition coefficient (Wildman–Crippen LogP) is 5.53. The van der Waals surface area contributed by atoms with Crippen molar-refractivity contribution in [2.45, 2.75) is 38.6 Å². The fourth-order valence-corrected chi connectivity index (χ4v) is 5.65. The third-order valence-corrected chi connectivity index (χ3v) is 7.77. The molecule has 0 saturated carbocycles. The Morgan fingerprint density at radius 1 is 1.14 bits per heavy atom. The number of rotatable bonds is 5. The molecule has 0 bridgehead atoms. The van der Waals surface area contributed by atoms with Crippen LogP contribution in [-0.4, -0.2) is 59.3 Å². The third kappa shape index (κ3) is 4.41. The number of fused-ring (bicyclic) bond motifs is 2. The topological polar surface area (TPSA) is 98.8 Å². The molecule has 1 saturated heterocycles. The number of halogens is 1. The molecule has 0 radical (unpaired) electrons. The molecule has 0 unspecified atom stereocenters. The Balaban J connectivity index is 1.32. The van der Waals surface area contributed by atoms with Crippen molar-refractivity contribution < 1.29 is 4.74 Å². The SMILES string of the molecule is CN1CC[C@@H](n2nc(Nc3nc4ncc(Oc5cnc6scnc6c5)c(Cl)c4n3C)cc2C(C)(C)C)C1. The van der Waals surface area contributed by atoms with E-state index in [-0.39, 0.29) is 5.41 Å². The summed E-state index contributed by atoms with van der Waals surface area (Å²) in [6.45, 7) is 8.70. The lowest BCUT2D eigenvalue weighted by atomic mass is 9.91. The quantitative estimate of drug-likeness (QED) is 0.312. The van der Waals surface area contributed by atoms with E-state index in [1.807, 2.05) is 17.7 Å². The summed E-state index contributed by atoms with van der Waals surface area (Å²) in [6.07, 6.45) is 4.32. The smallest absolute Gasteiger partial charge is 0.210 e. The molecule has 0 amide bonds. The van der Waals surface area contributed by atoms with Crippen LogP contribution in [0.25, 0.3) is 21.5 Å². The molecule has 0 aliphatic carbocycles. The van der Waals surface area contributed by atoms with Crippen molar-refractivity contribution in [3.05, 3.63) is 40.8 Å². The Bertz CT molecular complexity index is 1620. The van der Waals surface area contributed by atoms with Crippen LogP contribution < -0.4 is 10.1 Å². The number of ether oxygens (including phenoxy) is 1. The van der Waals surface area contributed by atoms with Crippen LogP contribution >= 0.6 is 22.9 Å². The molecule has 5 aromatic rings. The van der Waals surface area contributed by atoms with Crippen molar-refractivity contribution in [2.75, 3.05) is 25.5 Å². The highest BCUT2D eigenvalue weighted by Crippen LogP contribution is 2.37. The van der Waals surface area contributed by atoms with Crippen LogP contribution in [0.4, 0.5) is 11.8 Å². The van der Waals surface area contributed by atoms with Crippen molar-refractivity contribution in [3.63, 3.8) is 0 Å². The monoisotopic (exact) mass is 537 g/mol. The Morgan fingerprint density at radius 3 is 2.73 bits per heavy atom. The van der Waals surface area contributed by atoms with Crippen LogP contribution in [0.15, 0.2) is 30.0 Å². The van der Waals surface area contributed by atoms with E-state index in [0.29, 0.717) is 39.7 Å². The molecule has 1 aliphatic heterocycles. The number of hydrogen-bond donors (Lipinski definition) is 1. The van der Waals surface area contributed by atoms with Gasteiger partial charge in [-0.15, -0.1) is 11.3 Å². The van der Waals surface area contributed by atoms with Crippen molar-refractivity contribution >= 4 is 56.2 Å². The van der Waals surface area contributed by atoms with Gasteiger partial charge in [0.25, 0.3) is 0 Å². The number of thiazole rings is 1. The van der Waals surface area contributed by atoms with E-state index < -0.39 is 0 Å². The van der Waals surface area contributed by atoms with Gasteiger partial charge in [-0.2, -0.15) is 10.1 Å². The summed E-state index contributed by atoms with van der Waals surface area (Å²) in [5, 5.41) is 8.76. The second-order valence-electron chi connectivity index (χ2n) is 10.5. The molecule has 37 heavy (non-hydrogen) atoms. The van der Waals surface area contributed by atoms with E-state index in [1.165, 1.54) is 17.0 Å². The van der Waals surface area contributed by atoms with E-state index >= 15 is 0 Å². The maximum atomic E-state index is 6.79. The van der Waals surface area contributed by atoms with E-state index in [4.69, 9.17) is 21.4 Å². The Labute approximate surface area is 223 Å². The zero-order valence-electron chi connectivity index (χ0n) is 21.4. The average molecular weight is 538 g/mol.